The average Bonchev–Trinajstić information content (AvgIpc) is 2.37. The van der Waals surface area contributed by atoms with E-state index in [2.05, 4.69) is 37.8 Å². The largest absolute Gasteiger partial charge is 0.494 e. The number of hydrogen-bond donors (Lipinski definition) is 0. The van der Waals surface area contributed by atoms with Crippen LogP contribution in [0.15, 0.2) is 18.2 Å². The van der Waals surface area contributed by atoms with Crippen LogP contribution >= 0.6 is 11.6 Å². The van der Waals surface area contributed by atoms with Crippen LogP contribution in [0, 0.1) is 18.8 Å². The highest BCUT2D eigenvalue weighted by atomic mass is 35.5. The maximum Gasteiger partial charge on any atom is 0.119 e. The molecule has 0 amide bonds. The van der Waals surface area contributed by atoms with Crippen molar-refractivity contribution in [2.75, 3.05) is 33.1 Å². The molecule has 0 aromatic heterocycles. The van der Waals surface area contributed by atoms with E-state index in [0.29, 0.717) is 5.88 Å². The third-order valence-electron chi connectivity index (χ3n) is 2.66. The smallest absolute Gasteiger partial charge is 0.119 e. The van der Waals surface area contributed by atoms with Gasteiger partial charge in [-0.15, -0.1) is 11.6 Å². The van der Waals surface area contributed by atoms with Gasteiger partial charge in [-0.05, 0) is 51.2 Å². The summed E-state index contributed by atoms with van der Waals surface area (Å²) in [5.41, 5.74) is 2.19. The molecule has 0 unspecified atom stereocenters. The Bertz CT molecular complexity index is 446. The van der Waals surface area contributed by atoms with E-state index >= 15 is 0 Å². The minimum atomic E-state index is 0.582. The molecule has 0 aliphatic carbocycles. The van der Waals surface area contributed by atoms with Crippen LogP contribution in [-0.2, 0) is 0 Å². The van der Waals surface area contributed by atoms with Gasteiger partial charge in [-0.1, -0.05) is 11.8 Å². The van der Waals surface area contributed by atoms with Crippen molar-refractivity contribution in [3.63, 3.8) is 0 Å². The minimum Gasteiger partial charge on any atom is -0.494 e. The fraction of sp³-hybridized carbons (Fsp3) is 0.500. The van der Waals surface area contributed by atoms with Crippen molar-refractivity contribution < 1.29 is 4.74 Å². The second kappa shape index (κ2) is 8.85. The fourth-order valence-corrected chi connectivity index (χ4v) is 1.74. The predicted molar refractivity (Wildman–Crippen MR) is 82.1 cm³/mol. The Morgan fingerprint density at radius 3 is 2.74 bits per heavy atom. The summed E-state index contributed by atoms with van der Waals surface area (Å²) in [5, 5.41) is 0. The van der Waals surface area contributed by atoms with E-state index in [1.165, 1.54) is 0 Å². The van der Waals surface area contributed by atoms with Crippen molar-refractivity contribution in [2.24, 2.45) is 0 Å². The lowest BCUT2D eigenvalue weighted by atomic mass is 10.1. The zero-order chi connectivity index (χ0) is 14.1. The van der Waals surface area contributed by atoms with Gasteiger partial charge in [0.15, 0.2) is 0 Å². The molecule has 0 saturated heterocycles. The van der Waals surface area contributed by atoms with Crippen LogP contribution < -0.4 is 4.74 Å². The molecule has 0 spiro atoms. The molecule has 0 radical (unpaired) electrons. The van der Waals surface area contributed by atoms with Crippen LogP contribution in [0.25, 0.3) is 0 Å². The summed E-state index contributed by atoms with van der Waals surface area (Å²) in [6, 6.07) is 6.03. The Morgan fingerprint density at radius 2 is 2.11 bits per heavy atom. The van der Waals surface area contributed by atoms with E-state index in [-0.39, 0.29) is 0 Å². The molecule has 0 fully saturated rings. The molecule has 0 aliphatic heterocycles. The van der Waals surface area contributed by atoms with Gasteiger partial charge in [0.2, 0.25) is 0 Å². The van der Waals surface area contributed by atoms with Crippen molar-refractivity contribution in [2.45, 2.75) is 19.8 Å². The third kappa shape index (κ3) is 6.52. The lowest BCUT2D eigenvalue weighted by Gasteiger charge is -2.11. The molecule has 2 nitrogen and oxygen atoms in total. The molecule has 0 atom stereocenters. The van der Waals surface area contributed by atoms with Crippen molar-refractivity contribution in [3.05, 3.63) is 29.3 Å². The minimum absolute atomic E-state index is 0.582. The Morgan fingerprint density at radius 1 is 1.32 bits per heavy atom. The molecule has 104 valence electrons. The molecule has 0 aliphatic rings. The molecule has 0 saturated carbocycles. The number of alkyl halides is 1. The maximum absolute atomic E-state index is 5.72. The zero-order valence-electron chi connectivity index (χ0n) is 12.0. The van der Waals surface area contributed by atoms with E-state index in [0.717, 1.165) is 42.9 Å². The molecule has 0 bridgehead atoms. The number of halogens is 1. The Hall–Kier alpha value is -1.17. The first kappa shape index (κ1) is 15.9. The summed E-state index contributed by atoms with van der Waals surface area (Å²) in [4.78, 5) is 2.16. The molecule has 0 N–H and O–H groups in total. The van der Waals surface area contributed by atoms with E-state index in [1.807, 2.05) is 18.2 Å². The Kier molecular flexibility index (Phi) is 7.40. The van der Waals surface area contributed by atoms with Gasteiger partial charge in [-0.25, -0.2) is 0 Å². The van der Waals surface area contributed by atoms with Crippen molar-refractivity contribution in [1.29, 1.82) is 0 Å². The summed E-state index contributed by atoms with van der Waals surface area (Å²) in [6.07, 6.45) is 1.76. The molecule has 1 aromatic rings. The maximum atomic E-state index is 5.72. The normalized spacial score (nSPS) is 10.2. The second-order valence-corrected chi connectivity index (χ2v) is 5.10. The summed E-state index contributed by atoms with van der Waals surface area (Å²) in [7, 11) is 4.14. The van der Waals surface area contributed by atoms with Gasteiger partial charge in [-0.3, -0.25) is 0 Å². The SMILES string of the molecule is Cc1cc(OCCCN(C)C)ccc1C#CCCCl. The number of nitrogens with zero attached hydrogens (tertiary/aromatic N) is 1. The van der Waals surface area contributed by atoms with Crippen LogP contribution in [0.2, 0.25) is 0 Å². The number of ether oxygens (including phenoxy) is 1. The molecule has 1 aromatic carbocycles. The summed E-state index contributed by atoms with van der Waals surface area (Å²) in [6.45, 7) is 3.84. The van der Waals surface area contributed by atoms with Gasteiger partial charge in [0, 0.05) is 24.4 Å². The molecule has 1 rings (SSSR count). The van der Waals surface area contributed by atoms with E-state index < -0.39 is 0 Å². The lowest BCUT2D eigenvalue weighted by Crippen LogP contribution is -2.15. The topological polar surface area (TPSA) is 12.5 Å². The Balaban J connectivity index is 2.50. The van der Waals surface area contributed by atoms with Crippen LogP contribution in [0.5, 0.6) is 5.75 Å². The highest BCUT2D eigenvalue weighted by Crippen LogP contribution is 2.16. The van der Waals surface area contributed by atoms with Gasteiger partial charge in [0.25, 0.3) is 0 Å². The summed E-state index contributed by atoms with van der Waals surface area (Å²) in [5.74, 6) is 7.67. The standard InChI is InChI=1S/C16H22ClNO/c1-14-13-16(19-12-6-11-18(2)3)9-8-15(14)7-4-5-10-17/h8-9,13H,5-6,10-12H2,1-3H3. The second-order valence-electron chi connectivity index (χ2n) is 4.72. The number of rotatable bonds is 6. The molecule has 3 heteroatoms. The average molecular weight is 280 g/mol. The quantitative estimate of drug-likeness (QED) is 0.450. The number of benzene rings is 1. The van der Waals surface area contributed by atoms with Crippen molar-refractivity contribution in [1.82, 2.24) is 4.90 Å². The molecule has 19 heavy (non-hydrogen) atoms. The Labute approximate surface area is 121 Å². The van der Waals surface area contributed by atoms with Crippen LogP contribution in [0.4, 0.5) is 0 Å². The van der Waals surface area contributed by atoms with Crippen LogP contribution in [0.1, 0.15) is 24.0 Å². The van der Waals surface area contributed by atoms with E-state index in [9.17, 15) is 0 Å². The van der Waals surface area contributed by atoms with Gasteiger partial charge in [-0.2, -0.15) is 0 Å². The molecular weight excluding hydrogens is 258 g/mol. The summed E-state index contributed by atoms with van der Waals surface area (Å²) < 4.78 is 5.72. The highest BCUT2D eigenvalue weighted by Gasteiger charge is 1.99. The first-order chi connectivity index (χ1) is 9.13. The van der Waals surface area contributed by atoms with Gasteiger partial charge < -0.3 is 9.64 Å². The van der Waals surface area contributed by atoms with Crippen LogP contribution in [-0.4, -0.2) is 38.0 Å². The lowest BCUT2D eigenvalue weighted by molar-refractivity contribution is 0.281. The summed E-state index contributed by atoms with van der Waals surface area (Å²) >= 11 is 5.60. The number of hydrogen-bond acceptors (Lipinski definition) is 2. The van der Waals surface area contributed by atoms with Gasteiger partial charge in [0.1, 0.15) is 5.75 Å². The van der Waals surface area contributed by atoms with Crippen molar-refractivity contribution >= 4 is 11.6 Å². The van der Waals surface area contributed by atoms with Gasteiger partial charge >= 0.3 is 0 Å². The fourth-order valence-electron chi connectivity index (χ4n) is 1.64. The van der Waals surface area contributed by atoms with Crippen LogP contribution in [0.3, 0.4) is 0 Å². The van der Waals surface area contributed by atoms with Crippen molar-refractivity contribution in [3.8, 4) is 17.6 Å². The zero-order valence-corrected chi connectivity index (χ0v) is 12.8. The third-order valence-corrected chi connectivity index (χ3v) is 2.85. The molecule has 0 heterocycles. The number of aryl methyl sites for hydroxylation is 1. The van der Waals surface area contributed by atoms with E-state index in [1.54, 1.807) is 0 Å². The van der Waals surface area contributed by atoms with E-state index in [4.69, 9.17) is 16.3 Å². The molecular formula is C16H22ClNO. The predicted octanol–water partition coefficient (Wildman–Crippen LogP) is 3.31. The van der Waals surface area contributed by atoms with Gasteiger partial charge in [0.05, 0.1) is 6.61 Å². The first-order valence-corrected chi connectivity index (χ1v) is 7.10. The highest BCUT2D eigenvalue weighted by molar-refractivity contribution is 6.18. The monoisotopic (exact) mass is 279 g/mol. The first-order valence-electron chi connectivity index (χ1n) is 6.56.